The van der Waals surface area contributed by atoms with Gasteiger partial charge < -0.3 is 25.8 Å². The summed E-state index contributed by atoms with van der Waals surface area (Å²) in [5.41, 5.74) is 6.43. The molecule has 2 rings (SSSR count). The van der Waals surface area contributed by atoms with Gasteiger partial charge in [-0.25, -0.2) is 0 Å². The number of nitrogens with zero attached hydrogens (tertiary/aromatic N) is 1. The molecule has 1 aliphatic heterocycles. The van der Waals surface area contributed by atoms with Gasteiger partial charge in [0, 0.05) is 24.8 Å². The second-order valence-electron chi connectivity index (χ2n) is 9.45. The topological polar surface area (TPSA) is 209 Å². The summed E-state index contributed by atoms with van der Waals surface area (Å²) in [6.07, 6.45) is 1.40. The van der Waals surface area contributed by atoms with E-state index >= 15 is 0 Å². The van der Waals surface area contributed by atoms with Gasteiger partial charge in [-0.1, -0.05) is 26.0 Å². The van der Waals surface area contributed by atoms with Gasteiger partial charge in [0.1, 0.15) is 25.2 Å². The van der Waals surface area contributed by atoms with Gasteiger partial charge in [-0.3, -0.25) is 44.7 Å². The van der Waals surface area contributed by atoms with Crippen LogP contribution < -0.4 is 27.0 Å². The predicted octanol–water partition coefficient (Wildman–Crippen LogP) is -1.16. The van der Waals surface area contributed by atoms with Crippen molar-refractivity contribution in [2.45, 2.75) is 58.7 Å². The molecule has 0 fully saturated rings. The van der Waals surface area contributed by atoms with E-state index in [1.807, 2.05) is 0 Å². The van der Waals surface area contributed by atoms with Crippen LogP contribution in [0.15, 0.2) is 36.4 Å². The van der Waals surface area contributed by atoms with E-state index in [1.54, 1.807) is 38.1 Å². The van der Waals surface area contributed by atoms with Crippen molar-refractivity contribution in [1.82, 2.24) is 20.9 Å². The van der Waals surface area contributed by atoms with Crippen molar-refractivity contribution in [3.63, 3.8) is 0 Å². The highest BCUT2D eigenvalue weighted by Crippen LogP contribution is 2.13. The van der Waals surface area contributed by atoms with Crippen LogP contribution in [0.25, 0.3) is 0 Å². The van der Waals surface area contributed by atoms with E-state index in [1.165, 1.54) is 6.92 Å². The molecule has 7 N–H and O–H groups in total. The molecule has 1 aromatic rings. The molecule has 218 valence electrons. The first-order valence-corrected chi connectivity index (χ1v) is 12.7. The monoisotopic (exact) mass is 560 g/mol. The molecule has 0 saturated carbocycles. The highest BCUT2D eigenvalue weighted by molar-refractivity contribution is 6.14. The van der Waals surface area contributed by atoms with Gasteiger partial charge in [0.25, 0.3) is 11.8 Å². The van der Waals surface area contributed by atoms with Crippen molar-refractivity contribution < 1.29 is 38.6 Å². The van der Waals surface area contributed by atoms with Gasteiger partial charge in [-0.15, -0.1) is 0 Å². The van der Waals surface area contributed by atoms with E-state index in [4.69, 9.17) is 10.5 Å². The lowest BCUT2D eigenvalue weighted by atomic mass is 10.0. The zero-order valence-corrected chi connectivity index (χ0v) is 22.6. The molecule has 0 aliphatic carbocycles. The van der Waals surface area contributed by atoms with Crippen molar-refractivity contribution in [3.05, 3.63) is 42.0 Å². The molecule has 1 aliphatic rings. The summed E-state index contributed by atoms with van der Waals surface area (Å²) in [6.45, 7) is 4.48. The molecule has 1 heterocycles. The fourth-order valence-corrected chi connectivity index (χ4v) is 3.67. The molecule has 0 bridgehead atoms. The Morgan fingerprint density at radius 3 is 2.17 bits per heavy atom. The predicted molar refractivity (Wildman–Crippen MR) is 143 cm³/mol. The average molecular weight is 561 g/mol. The Bertz CT molecular complexity index is 1100. The summed E-state index contributed by atoms with van der Waals surface area (Å²) in [6, 6.07) is 4.51. The van der Waals surface area contributed by atoms with Gasteiger partial charge in [-0.05, 0) is 43.0 Å². The van der Waals surface area contributed by atoms with E-state index in [9.17, 15) is 33.9 Å². The number of hydrogen-bond donors (Lipinski definition) is 6. The number of rotatable bonds is 15. The van der Waals surface area contributed by atoms with E-state index in [0.29, 0.717) is 17.7 Å². The molecule has 1 aromatic carbocycles. The number of imide groups is 1. The Morgan fingerprint density at radius 2 is 1.62 bits per heavy atom. The zero-order valence-electron chi connectivity index (χ0n) is 22.6. The minimum atomic E-state index is -1.24. The molecule has 0 spiro atoms. The lowest BCUT2D eigenvalue weighted by Gasteiger charge is -2.26. The maximum absolute atomic E-state index is 13.2. The lowest BCUT2D eigenvalue weighted by molar-refractivity contribution is -0.142. The fraction of sp³-hybridized carbons (Fsp3) is 0.462. The van der Waals surface area contributed by atoms with Gasteiger partial charge in [0.15, 0.2) is 6.35 Å². The molecular weight excluding hydrogens is 524 g/mol. The van der Waals surface area contributed by atoms with Crippen molar-refractivity contribution >= 4 is 41.2 Å². The maximum atomic E-state index is 13.2. The highest BCUT2D eigenvalue weighted by Gasteiger charge is 2.31. The molecule has 14 nitrogen and oxygen atoms in total. The van der Waals surface area contributed by atoms with Crippen LogP contribution in [-0.4, -0.2) is 77.0 Å². The van der Waals surface area contributed by atoms with Crippen LogP contribution in [-0.2, 0) is 40.1 Å². The number of benzene rings is 1. The first-order chi connectivity index (χ1) is 18.9. The van der Waals surface area contributed by atoms with Gasteiger partial charge in [0.2, 0.25) is 17.7 Å². The first kappa shape index (κ1) is 32.1. The maximum Gasteiger partial charge on any atom is 0.302 e. The third kappa shape index (κ3) is 10.6. The van der Waals surface area contributed by atoms with E-state index in [2.05, 4.69) is 21.3 Å². The number of amides is 5. The van der Waals surface area contributed by atoms with Gasteiger partial charge in [0.05, 0.1) is 0 Å². The van der Waals surface area contributed by atoms with Gasteiger partial charge in [-0.2, -0.15) is 0 Å². The van der Waals surface area contributed by atoms with Crippen molar-refractivity contribution in [3.8, 4) is 0 Å². The third-order valence-corrected chi connectivity index (χ3v) is 5.79. The number of anilines is 1. The highest BCUT2D eigenvalue weighted by atomic mass is 16.5. The van der Waals surface area contributed by atoms with E-state index in [-0.39, 0.29) is 19.6 Å². The summed E-state index contributed by atoms with van der Waals surface area (Å²) in [7, 11) is 0. The number of nitrogens with one attached hydrogen (secondary N) is 4. The standard InChI is InChI=1S/C26H36N6O8/c1-15(2)23(31-20(34)13-32-21(35)10-11-22(32)36)25(38)30-19(5-4-12-28-26(27)39)24(37)29-18-8-6-17(7-9-18)14-40-16(3)33/h6-11,15,19,23,26,28,39H,4-5,12-14,27H2,1-3H3,(H,29,37)(H,30,38)(H,31,34)/t19-,23-,26?/m1/s1. The van der Waals surface area contributed by atoms with Crippen LogP contribution in [0.1, 0.15) is 39.2 Å². The average Bonchev–Trinajstić information content (AvgIpc) is 3.20. The third-order valence-electron chi connectivity index (χ3n) is 5.79. The lowest BCUT2D eigenvalue weighted by Crippen LogP contribution is -2.56. The van der Waals surface area contributed by atoms with Crippen LogP contribution in [0.4, 0.5) is 5.69 Å². The Labute approximate surface area is 231 Å². The molecule has 40 heavy (non-hydrogen) atoms. The Morgan fingerprint density at radius 1 is 1.00 bits per heavy atom. The summed E-state index contributed by atoms with van der Waals surface area (Å²) in [5.74, 6) is -3.94. The normalized spacial score (nSPS) is 15.0. The molecule has 14 heteroatoms. The van der Waals surface area contributed by atoms with E-state index in [0.717, 1.165) is 17.1 Å². The van der Waals surface area contributed by atoms with E-state index < -0.39 is 66.4 Å². The van der Waals surface area contributed by atoms with Crippen LogP contribution in [0, 0.1) is 5.92 Å². The molecule has 0 radical (unpaired) electrons. The molecule has 0 aromatic heterocycles. The summed E-state index contributed by atoms with van der Waals surface area (Å²) in [5, 5.41) is 19.7. The largest absolute Gasteiger partial charge is 0.461 e. The van der Waals surface area contributed by atoms with Gasteiger partial charge >= 0.3 is 5.97 Å². The Balaban J connectivity index is 2.07. The van der Waals surface area contributed by atoms with Crippen molar-refractivity contribution in [2.75, 3.05) is 18.4 Å². The van der Waals surface area contributed by atoms with Crippen LogP contribution in [0.2, 0.25) is 0 Å². The minimum Gasteiger partial charge on any atom is -0.461 e. The number of esters is 1. The number of carbonyl (C=O) groups excluding carboxylic acids is 6. The summed E-state index contributed by atoms with van der Waals surface area (Å²) < 4.78 is 4.94. The van der Waals surface area contributed by atoms with Crippen molar-refractivity contribution in [1.29, 1.82) is 0 Å². The second-order valence-corrected chi connectivity index (χ2v) is 9.45. The molecule has 5 amide bonds. The minimum absolute atomic E-state index is 0.0845. The number of nitrogens with two attached hydrogens (primary N) is 1. The first-order valence-electron chi connectivity index (χ1n) is 12.7. The van der Waals surface area contributed by atoms with Crippen LogP contribution in [0.3, 0.4) is 0 Å². The number of ether oxygens (including phenoxy) is 1. The molecule has 0 saturated heterocycles. The number of carbonyl (C=O) groups is 6. The smallest absolute Gasteiger partial charge is 0.302 e. The SMILES string of the molecule is CC(=O)OCc1ccc(NC(=O)[C@@H](CCCNC(N)O)NC(=O)[C@H](NC(=O)CN2C(=O)C=CC2=O)C(C)C)cc1. The summed E-state index contributed by atoms with van der Waals surface area (Å²) >= 11 is 0. The quantitative estimate of drug-likeness (QED) is 0.0656. The zero-order chi connectivity index (χ0) is 29.8. The van der Waals surface area contributed by atoms with Crippen LogP contribution in [0.5, 0.6) is 0 Å². The Kier molecular flexibility index (Phi) is 12.4. The number of aliphatic hydroxyl groups excluding tert-OH is 1. The molecular formula is C26H36N6O8. The van der Waals surface area contributed by atoms with Crippen molar-refractivity contribution in [2.24, 2.45) is 11.7 Å². The number of aliphatic hydroxyl groups is 1. The fourth-order valence-electron chi connectivity index (χ4n) is 3.67. The molecule has 1 unspecified atom stereocenters. The second kappa shape index (κ2) is 15.5. The molecule has 3 atom stereocenters. The summed E-state index contributed by atoms with van der Waals surface area (Å²) in [4.78, 5) is 74.1. The van der Waals surface area contributed by atoms with Crippen LogP contribution >= 0.6 is 0 Å². The number of hydrogen-bond acceptors (Lipinski definition) is 10. The Hall–Kier alpha value is -4.14.